The van der Waals surface area contributed by atoms with Crippen molar-refractivity contribution in [3.05, 3.63) is 86.5 Å². The molecule has 9 heteroatoms. The number of H-pyrrole nitrogens is 1. The fourth-order valence-electron chi connectivity index (χ4n) is 4.91. The normalized spacial score (nSPS) is 15.5. The van der Waals surface area contributed by atoms with E-state index in [1.54, 1.807) is 17.3 Å². The zero-order valence-electron chi connectivity index (χ0n) is 20.6. The molecule has 1 N–H and O–H groups in total. The molecule has 9 nitrogen and oxygen atoms in total. The Balaban J connectivity index is 1.79. The fourth-order valence-corrected chi connectivity index (χ4v) is 4.91. The van der Waals surface area contributed by atoms with Gasteiger partial charge in [-0.25, -0.2) is 4.98 Å². The monoisotopic (exact) mass is 477 g/mol. The summed E-state index contributed by atoms with van der Waals surface area (Å²) in [5, 5.41) is 12.0. The van der Waals surface area contributed by atoms with Crippen LogP contribution in [0.25, 0.3) is 0 Å². The Morgan fingerprint density at radius 3 is 2.51 bits per heavy atom. The molecule has 0 spiro atoms. The van der Waals surface area contributed by atoms with Crippen LogP contribution in [0.3, 0.4) is 0 Å². The van der Waals surface area contributed by atoms with Crippen LogP contribution in [0.2, 0.25) is 0 Å². The molecule has 0 saturated heterocycles. The molecule has 184 valence electrons. The number of nitrogens with zero attached hydrogens (tertiary/aromatic N) is 4. The second kappa shape index (κ2) is 10.3. The largest absolute Gasteiger partial charge is 0.490 e. The molecular weight excluding hydrogens is 446 g/mol. The van der Waals surface area contributed by atoms with Crippen molar-refractivity contribution in [3.8, 4) is 5.75 Å². The number of imidazole rings is 1. The van der Waals surface area contributed by atoms with Crippen molar-refractivity contribution in [2.75, 3.05) is 26.7 Å². The number of hydrogen-bond acceptors (Lipinski definition) is 6. The van der Waals surface area contributed by atoms with Gasteiger partial charge in [0, 0.05) is 37.3 Å². The Bertz CT molecular complexity index is 1220. The molecule has 1 amide bonds. The summed E-state index contributed by atoms with van der Waals surface area (Å²) in [6, 6.07) is 11.0. The molecule has 0 radical (unpaired) electrons. The summed E-state index contributed by atoms with van der Waals surface area (Å²) in [5.41, 5.74) is 5.14. The number of fused-ring (bicyclic) bond motifs is 1. The van der Waals surface area contributed by atoms with E-state index in [1.807, 2.05) is 51.1 Å². The average Bonchev–Trinajstić information content (AvgIpc) is 3.27. The lowest BCUT2D eigenvalue weighted by Gasteiger charge is -2.37. The van der Waals surface area contributed by atoms with E-state index in [0.717, 1.165) is 22.5 Å². The van der Waals surface area contributed by atoms with Crippen LogP contribution in [0.5, 0.6) is 5.75 Å². The standard InChI is InChI=1S/C26H31N5O4/c1-5-29(6-2)26(32)19-9-7-18(8-10-19)24-20-11-12-23(35-4)25(31(33)34)21(20)13-14-30(24)15-22-17(3)27-16-28-22/h7-12,16,24H,5-6,13-15H2,1-4H3,(H,27,28). The SMILES string of the molecule is CCN(CC)C(=O)c1ccc(C2c3ccc(OC)c([N+](=O)[O-])c3CCN2Cc2[nH]cnc2C)cc1. The van der Waals surface area contributed by atoms with E-state index >= 15 is 0 Å². The predicted molar refractivity (Wildman–Crippen MR) is 133 cm³/mol. The van der Waals surface area contributed by atoms with E-state index in [-0.39, 0.29) is 28.3 Å². The van der Waals surface area contributed by atoms with Crippen molar-refractivity contribution in [2.45, 2.75) is 39.8 Å². The van der Waals surface area contributed by atoms with Crippen molar-refractivity contribution in [1.82, 2.24) is 19.8 Å². The lowest BCUT2D eigenvalue weighted by atomic mass is 9.86. The summed E-state index contributed by atoms with van der Waals surface area (Å²) in [4.78, 5) is 36.0. The van der Waals surface area contributed by atoms with E-state index in [4.69, 9.17) is 4.74 Å². The summed E-state index contributed by atoms with van der Waals surface area (Å²) in [7, 11) is 1.45. The third kappa shape index (κ3) is 4.64. The molecule has 2 aromatic carbocycles. The number of aromatic nitrogens is 2. The molecule has 4 rings (SSSR count). The van der Waals surface area contributed by atoms with E-state index < -0.39 is 0 Å². The van der Waals surface area contributed by atoms with Crippen LogP contribution in [0.4, 0.5) is 5.69 Å². The predicted octanol–water partition coefficient (Wildman–Crippen LogP) is 4.26. The first-order chi connectivity index (χ1) is 16.9. The van der Waals surface area contributed by atoms with Gasteiger partial charge in [0.15, 0.2) is 5.75 Å². The fraction of sp³-hybridized carbons (Fsp3) is 0.385. The minimum absolute atomic E-state index is 0.00379. The van der Waals surface area contributed by atoms with Crippen LogP contribution >= 0.6 is 0 Å². The zero-order chi connectivity index (χ0) is 25.1. The zero-order valence-corrected chi connectivity index (χ0v) is 20.6. The number of amides is 1. The topological polar surface area (TPSA) is 105 Å². The van der Waals surface area contributed by atoms with Crippen molar-refractivity contribution >= 4 is 11.6 Å². The lowest BCUT2D eigenvalue weighted by molar-refractivity contribution is -0.386. The second-order valence-corrected chi connectivity index (χ2v) is 8.63. The number of ether oxygens (including phenoxy) is 1. The molecule has 35 heavy (non-hydrogen) atoms. The first-order valence-corrected chi connectivity index (χ1v) is 11.9. The minimum Gasteiger partial charge on any atom is -0.490 e. The first-order valence-electron chi connectivity index (χ1n) is 11.9. The summed E-state index contributed by atoms with van der Waals surface area (Å²) in [6.07, 6.45) is 2.21. The van der Waals surface area contributed by atoms with Gasteiger partial charge in [-0.3, -0.25) is 19.8 Å². The average molecular weight is 478 g/mol. The number of nitro benzene ring substituents is 1. The number of rotatable bonds is 8. The molecule has 0 bridgehead atoms. The van der Waals surface area contributed by atoms with Gasteiger partial charge in [-0.1, -0.05) is 18.2 Å². The molecule has 1 atom stereocenters. The highest BCUT2D eigenvalue weighted by atomic mass is 16.6. The van der Waals surface area contributed by atoms with E-state index in [1.165, 1.54) is 7.11 Å². The van der Waals surface area contributed by atoms with E-state index in [9.17, 15) is 14.9 Å². The number of nitrogens with one attached hydrogen (secondary N) is 1. The molecule has 1 aromatic heterocycles. The lowest BCUT2D eigenvalue weighted by Crippen LogP contribution is -2.36. The van der Waals surface area contributed by atoms with Crippen LogP contribution in [-0.2, 0) is 13.0 Å². The van der Waals surface area contributed by atoms with Crippen LogP contribution in [-0.4, -0.2) is 57.3 Å². The summed E-state index contributed by atoms with van der Waals surface area (Å²) >= 11 is 0. The summed E-state index contributed by atoms with van der Waals surface area (Å²) < 4.78 is 5.32. The van der Waals surface area contributed by atoms with Crippen molar-refractivity contribution < 1.29 is 14.5 Å². The molecule has 1 aliphatic heterocycles. The minimum atomic E-state index is -0.352. The molecular formula is C26H31N5O4. The number of aryl methyl sites for hydroxylation is 1. The number of carbonyl (C=O) groups excluding carboxylic acids is 1. The van der Waals surface area contributed by atoms with Crippen molar-refractivity contribution in [3.63, 3.8) is 0 Å². The Hall–Kier alpha value is -3.72. The maximum Gasteiger partial charge on any atom is 0.314 e. The quantitative estimate of drug-likeness (QED) is 0.384. The summed E-state index contributed by atoms with van der Waals surface area (Å²) in [6.45, 7) is 8.43. The van der Waals surface area contributed by atoms with Gasteiger partial charge in [-0.2, -0.15) is 0 Å². The first kappa shape index (κ1) is 24.4. The number of hydrogen-bond donors (Lipinski definition) is 1. The van der Waals surface area contributed by atoms with Crippen LogP contribution in [0, 0.1) is 17.0 Å². The highest BCUT2D eigenvalue weighted by molar-refractivity contribution is 5.94. The Morgan fingerprint density at radius 1 is 1.23 bits per heavy atom. The number of carbonyl (C=O) groups is 1. The molecule has 1 unspecified atom stereocenters. The van der Waals surface area contributed by atoms with Crippen molar-refractivity contribution in [1.29, 1.82) is 0 Å². The molecule has 0 aliphatic carbocycles. The third-order valence-corrected chi connectivity index (χ3v) is 6.81. The van der Waals surface area contributed by atoms with Gasteiger partial charge in [0.25, 0.3) is 5.91 Å². The van der Waals surface area contributed by atoms with Gasteiger partial charge in [-0.05, 0) is 56.5 Å². The molecule has 0 fully saturated rings. The van der Waals surface area contributed by atoms with Crippen molar-refractivity contribution in [2.24, 2.45) is 0 Å². The van der Waals surface area contributed by atoms with Gasteiger partial charge in [0.2, 0.25) is 0 Å². The maximum absolute atomic E-state index is 12.8. The van der Waals surface area contributed by atoms with Gasteiger partial charge < -0.3 is 14.6 Å². The Morgan fingerprint density at radius 2 is 1.94 bits per heavy atom. The van der Waals surface area contributed by atoms with Crippen LogP contribution in [0.15, 0.2) is 42.7 Å². The number of benzene rings is 2. The Kier molecular flexibility index (Phi) is 7.16. The molecule has 2 heterocycles. The molecule has 0 saturated carbocycles. The highest BCUT2D eigenvalue weighted by Gasteiger charge is 2.35. The number of aromatic amines is 1. The van der Waals surface area contributed by atoms with Crippen LogP contribution in [0.1, 0.15) is 58.3 Å². The van der Waals surface area contributed by atoms with Gasteiger partial charge in [0.1, 0.15) is 0 Å². The second-order valence-electron chi connectivity index (χ2n) is 8.63. The van der Waals surface area contributed by atoms with E-state index in [0.29, 0.717) is 43.7 Å². The smallest absolute Gasteiger partial charge is 0.314 e. The van der Waals surface area contributed by atoms with Gasteiger partial charge >= 0.3 is 5.69 Å². The number of nitro groups is 1. The molecule has 3 aromatic rings. The number of methoxy groups -OCH3 is 1. The van der Waals surface area contributed by atoms with Gasteiger partial charge in [0.05, 0.1) is 35.8 Å². The van der Waals surface area contributed by atoms with E-state index in [2.05, 4.69) is 14.9 Å². The highest BCUT2D eigenvalue weighted by Crippen LogP contribution is 2.43. The summed E-state index contributed by atoms with van der Waals surface area (Å²) in [5.74, 6) is 0.265. The van der Waals surface area contributed by atoms with Gasteiger partial charge in [-0.15, -0.1) is 0 Å². The Labute approximate surface area is 204 Å². The molecule has 1 aliphatic rings. The van der Waals surface area contributed by atoms with Crippen LogP contribution < -0.4 is 4.74 Å². The maximum atomic E-state index is 12.8. The third-order valence-electron chi connectivity index (χ3n) is 6.81.